The molecule has 0 unspecified atom stereocenters. The Labute approximate surface area is 132 Å². The minimum Gasteiger partial charge on any atom is -0.456 e. The van der Waals surface area contributed by atoms with Crippen molar-refractivity contribution < 1.29 is 13.2 Å². The number of nitrogens with two attached hydrogens (primary N) is 1. The van der Waals surface area contributed by atoms with E-state index in [4.69, 9.17) is 33.7 Å². The fraction of sp³-hybridized carbons (Fsp3) is 0.0769. The monoisotopic (exact) mass is 346 g/mol. The van der Waals surface area contributed by atoms with Gasteiger partial charge in [-0.25, -0.2) is 13.1 Å². The normalized spacial score (nSPS) is 11.4. The van der Waals surface area contributed by atoms with Crippen LogP contribution >= 0.6 is 23.2 Å². The molecule has 8 heteroatoms. The molecule has 2 aromatic carbocycles. The van der Waals surface area contributed by atoms with Crippen molar-refractivity contribution in [3.63, 3.8) is 0 Å². The first-order valence-electron chi connectivity index (χ1n) is 5.79. The van der Waals surface area contributed by atoms with E-state index in [9.17, 15) is 8.42 Å². The lowest BCUT2D eigenvalue weighted by Gasteiger charge is -2.11. The lowest BCUT2D eigenvalue weighted by atomic mass is 10.3. The van der Waals surface area contributed by atoms with Gasteiger partial charge in [0, 0.05) is 17.2 Å². The minimum absolute atomic E-state index is 0.0189. The van der Waals surface area contributed by atoms with E-state index in [0.717, 1.165) is 0 Å². The van der Waals surface area contributed by atoms with Crippen molar-refractivity contribution in [3.05, 3.63) is 46.4 Å². The van der Waals surface area contributed by atoms with Crippen molar-refractivity contribution in [1.82, 2.24) is 4.72 Å². The molecular weight excluding hydrogens is 335 g/mol. The molecule has 0 fully saturated rings. The second kappa shape index (κ2) is 6.11. The highest BCUT2D eigenvalue weighted by molar-refractivity contribution is 7.89. The Hall–Kier alpha value is -1.47. The van der Waals surface area contributed by atoms with Crippen LogP contribution in [0.4, 0.5) is 5.69 Å². The summed E-state index contributed by atoms with van der Waals surface area (Å²) in [6.07, 6.45) is 0. The molecule has 0 aliphatic heterocycles. The van der Waals surface area contributed by atoms with Crippen molar-refractivity contribution >= 4 is 38.9 Å². The first kappa shape index (κ1) is 15.9. The molecule has 0 radical (unpaired) electrons. The standard InChI is InChI=1S/C13H12Cl2N2O3S/c1-17-21(18,19)13-5-3-9(7-11(13)16)20-12-6-8(14)2-4-10(12)15/h2-7,17H,16H2,1H3. The molecule has 2 aromatic rings. The van der Waals surface area contributed by atoms with E-state index >= 15 is 0 Å². The van der Waals surface area contributed by atoms with E-state index < -0.39 is 10.0 Å². The molecule has 0 saturated heterocycles. The third-order valence-electron chi connectivity index (χ3n) is 2.66. The maximum Gasteiger partial charge on any atom is 0.242 e. The molecule has 5 nitrogen and oxygen atoms in total. The third-order valence-corrected chi connectivity index (χ3v) is 4.70. The van der Waals surface area contributed by atoms with Crippen molar-refractivity contribution in [2.45, 2.75) is 4.90 Å². The predicted octanol–water partition coefficient (Wildman–Crippen LogP) is 3.28. The summed E-state index contributed by atoms with van der Waals surface area (Å²) < 4.78 is 31.2. The van der Waals surface area contributed by atoms with Gasteiger partial charge in [0.05, 0.1) is 10.7 Å². The summed E-state index contributed by atoms with van der Waals surface area (Å²) in [5.74, 6) is 0.708. The average Bonchev–Trinajstić information content (AvgIpc) is 2.43. The Balaban J connectivity index is 2.35. The summed E-state index contributed by atoms with van der Waals surface area (Å²) in [6, 6.07) is 9.03. The molecule has 21 heavy (non-hydrogen) atoms. The van der Waals surface area contributed by atoms with Gasteiger partial charge in [0.15, 0.2) is 0 Å². The zero-order valence-corrected chi connectivity index (χ0v) is 13.3. The number of sulfonamides is 1. The van der Waals surface area contributed by atoms with Crippen molar-refractivity contribution in [3.8, 4) is 11.5 Å². The zero-order chi connectivity index (χ0) is 15.6. The van der Waals surface area contributed by atoms with E-state index in [1.807, 2.05) is 0 Å². The third kappa shape index (κ3) is 3.59. The van der Waals surface area contributed by atoms with Crippen LogP contribution in [-0.4, -0.2) is 15.5 Å². The Bertz CT molecular complexity index is 779. The topological polar surface area (TPSA) is 81.4 Å². The smallest absolute Gasteiger partial charge is 0.242 e. The number of rotatable bonds is 4. The predicted molar refractivity (Wildman–Crippen MR) is 83.6 cm³/mol. The molecule has 112 valence electrons. The van der Waals surface area contributed by atoms with E-state index in [1.165, 1.54) is 25.2 Å². The molecule has 0 bridgehead atoms. The van der Waals surface area contributed by atoms with Crippen LogP contribution in [0.1, 0.15) is 0 Å². The number of benzene rings is 2. The minimum atomic E-state index is -3.61. The highest BCUT2D eigenvalue weighted by Gasteiger charge is 2.16. The highest BCUT2D eigenvalue weighted by Crippen LogP contribution is 2.33. The van der Waals surface area contributed by atoms with E-state index in [1.54, 1.807) is 18.2 Å². The highest BCUT2D eigenvalue weighted by atomic mass is 35.5. The summed E-state index contributed by atoms with van der Waals surface area (Å²) in [5.41, 5.74) is 5.82. The van der Waals surface area contributed by atoms with Gasteiger partial charge in [-0.05, 0) is 31.3 Å². The summed E-state index contributed by atoms with van der Waals surface area (Å²) in [4.78, 5) is -0.0189. The van der Waals surface area contributed by atoms with Crippen molar-refractivity contribution in [2.24, 2.45) is 0 Å². The van der Waals surface area contributed by atoms with Crippen LogP contribution < -0.4 is 15.2 Å². The maximum absolute atomic E-state index is 11.7. The summed E-state index contributed by atoms with van der Waals surface area (Å²) >= 11 is 11.9. The molecule has 0 aliphatic carbocycles. The summed E-state index contributed by atoms with van der Waals surface area (Å²) in [6.45, 7) is 0. The van der Waals surface area contributed by atoms with Gasteiger partial charge in [-0.15, -0.1) is 0 Å². The van der Waals surface area contributed by atoms with Crippen molar-refractivity contribution in [1.29, 1.82) is 0 Å². The quantitative estimate of drug-likeness (QED) is 0.832. The van der Waals surface area contributed by atoms with Gasteiger partial charge < -0.3 is 10.5 Å². The van der Waals surface area contributed by atoms with Crippen LogP contribution in [0.15, 0.2) is 41.3 Å². The lowest BCUT2D eigenvalue weighted by Crippen LogP contribution is -2.19. The van der Waals surface area contributed by atoms with Gasteiger partial charge >= 0.3 is 0 Å². The van der Waals surface area contributed by atoms with Crippen LogP contribution in [0.2, 0.25) is 10.0 Å². The van der Waals surface area contributed by atoms with Crippen LogP contribution in [0.25, 0.3) is 0 Å². The van der Waals surface area contributed by atoms with Gasteiger partial charge in [-0.1, -0.05) is 23.2 Å². The fourth-order valence-corrected chi connectivity index (χ4v) is 2.78. The summed E-state index contributed by atoms with van der Waals surface area (Å²) in [7, 11) is -2.30. The molecule has 0 amide bonds. The van der Waals surface area contributed by atoms with E-state index in [0.29, 0.717) is 21.5 Å². The van der Waals surface area contributed by atoms with Crippen LogP contribution in [-0.2, 0) is 10.0 Å². The second-order valence-corrected chi connectivity index (χ2v) is 6.78. The number of hydrogen-bond acceptors (Lipinski definition) is 4. The molecule has 0 saturated carbocycles. The number of halogens is 2. The molecular formula is C13H12Cl2N2O3S. The fourth-order valence-electron chi connectivity index (χ4n) is 1.63. The Kier molecular flexibility index (Phi) is 4.63. The molecule has 0 spiro atoms. The van der Waals surface area contributed by atoms with E-state index in [-0.39, 0.29) is 10.6 Å². The first-order valence-corrected chi connectivity index (χ1v) is 8.03. The van der Waals surface area contributed by atoms with Crippen LogP contribution in [0.3, 0.4) is 0 Å². The Morgan fingerprint density at radius 2 is 1.86 bits per heavy atom. The van der Waals surface area contributed by atoms with Crippen molar-refractivity contribution in [2.75, 3.05) is 12.8 Å². The Morgan fingerprint density at radius 3 is 2.48 bits per heavy atom. The number of nitrogens with one attached hydrogen (secondary N) is 1. The number of ether oxygens (including phenoxy) is 1. The number of nitrogen functional groups attached to an aromatic ring is 1. The van der Waals surface area contributed by atoms with Gasteiger partial charge in [0.25, 0.3) is 0 Å². The second-order valence-electron chi connectivity index (χ2n) is 4.08. The van der Waals surface area contributed by atoms with Crippen LogP contribution in [0.5, 0.6) is 11.5 Å². The number of hydrogen-bond donors (Lipinski definition) is 2. The molecule has 3 N–H and O–H groups in total. The van der Waals surface area contributed by atoms with Gasteiger partial charge in [0.1, 0.15) is 16.4 Å². The number of anilines is 1. The van der Waals surface area contributed by atoms with Crippen LogP contribution in [0, 0.1) is 0 Å². The zero-order valence-electron chi connectivity index (χ0n) is 10.9. The van der Waals surface area contributed by atoms with Gasteiger partial charge in [-0.2, -0.15) is 0 Å². The Morgan fingerprint density at radius 1 is 1.14 bits per heavy atom. The maximum atomic E-state index is 11.7. The van der Waals surface area contributed by atoms with E-state index in [2.05, 4.69) is 4.72 Å². The molecule has 0 aromatic heterocycles. The SMILES string of the molecule is CNS(=O)(=O)c1ccc(Oc2cc(Cl)ccc2Cl)cc1N. The molecule has 0 heterocycles. The largest absolute Gasteiger partial charge is 0.456 e. The lowest BCUT2D eigenvalue weighted by molar-refractivity contribution is 0.483. The molecule has 0 aliphatic rings. The van der Waals surface area contributed by atoms with Gasteiger partial charge in [0.2, 0.25) is 10.0 Å². The molecule has 0 atom stereocenters. The van der Waals surface area contributed by atoms with Gasteiger partial charge in [-0.3, -0.25) is 0 Å². The molecule has 2 rings (SSSR count). The first-order chi connectivity index (χ1) is 9.83. The summed E-state index contributed by atoms with van der Waals surface area (Å²) in [5, 5.41) is 0.849. The average molecular weight is 347 g/mol.